The Kier molecular flexibility index (Phi) is 4.86. The standard InChI is InChI=1S/C14H18FN5O/c1-9(2)21-14-19-12(16)18-13(20-14)17-7-6-10-4-3-5-11(15)8-10/h3-5,8-9H,6-7H2,1-2H3,(H3,16,17,18,19,20). The summed E-state index contributed by atoms with van der Waals surface area (Å²) < 4.78 is 18.4. The van der Waals surface area contributed by atoms with Crippen LogP contribution in [0.5, 0.6) is 6.01 Å². The first-order valence-electron chi connectivity index (χ1n) is 6.69. The van der Waals surface area contributed by atoms with Gasteiger partial charge in [0, 0.05) is 6.54 Å². The number of nitrogen functional groups attached to an aromatic ring is 1. The molecule has 3 N–H and O–H groups in total. The van der Waals surface area contributed by atoms with Crippen LogP contribution in [0.1, 0.15) is 19.4 Å². The molecule has 0 spiro atoms. The van der Waals surface area contributed by atoms with Crippen LogP contribution >= 0.6 is 0 Å². The van der Waals surface area contributed by atoms with Gasteiger partial charge in [0.2, 0.25) is 11.9 Å². The molecule has 0 radical (unpaired) electrons. The van der Waals surface area contributed by atoms with Crippen LogP contribution < -0.4 is 15.8 Å². The Balaban J connectivity index is 1.95. The van der Waals surface area contributed by atoms with Gasteiger partial charge < -0.3 is 15.8 Å². The molecule has 0 fully saturated rings. The summed E-state index contributed by atoms with van der Waals surface area (Å²) in [5.41, 5.74) is 6.50. The molecule has 0 aliphatic heterocycles. The summed E-state index contributed by atoms with van der Waals surface area (Å²) >= 11 is 0. The van der Waals surface area contributed by atoms with Crippen LogP contribution in [0, 0.1) is 5.82 Å². The van der Waals surface area contributed by atoms with Crippen LogP contribution in [-0.2, 0) is 6.42 Å². The fraction of sp³-hybridized carbons (Fsp3) is 0.357. The van der Waals surface area contributed by atoms with E-state index in [1.807, 2.05) is 19.9 Å². The first-order valence-corrected chi connectivity index (χ1v) is 6.69. The normalized spacial score (nSPS) is 10.7. The van der Waals surface area contributed by atoms with E-state index in [2.05, 4.69) is 20.3 Å². The minimum atomic E-state index is -0.246. The predicted molar refractivity (Wildman–Crippen MR) is 78.6 cm³/mol. The van der Waals surface area contributed by atoms with Gasteiger partial charge in [-0.25, -0.2) is 4.39 Å². The maximum Gasteiger partial charge on any atom is 0.323 e. The van der Waals surface area contributed by atoms with E-state index in [4.69, 9.17) is 10.5 Å². The third-order valence-electron chi connectivity index (χ3n) is 2.56. The van der Waals surface area contributed by atoms with Gasteiger partial charge in [-0.2, -0.15) is 15.0 Å². The van der Waals surface area contributed by atoms with Crippen LogP contribution in [-0.4, -0.2) is 27.6 Å². The lowest BCUT2D eigenvalue weighted by Gasteiger charge is -2.10. The van der Waals surface area contributed by atoms with Crippen molar-refractivity contribution >= 4 is 11.9 Å². The highest BCUT2D eigenvalue weighted by molar-refractivity contribution is 5.33. The monoisotopic (exact) mass is 291 g/mol. The van der Waals surface area contributed by atoms with Crippen LogP contribution in [0.2, 0.25) is 0 Å². The van der Waals surface area contributed by atoms with Crippen LogP contribution in [0.25, 0.3) is 0 Å². The number of nitrogens with one attached hydrogen (secondary N) is 1. The highest BCUT2D eigenvalue weighted by Gasteiger charge is 2.07. The third-order valence-corrected chi connectivity index (χ3v) is 2.56. The number of nitrogens with two attached hydrogens (primary N) is 1. The fourth-order valence-corrected chi connectivity index (χ4v) is 1.73. The minimum Gasteiger partial charge on any atom is -0.461 e. The second-order valence-corrected chi connectivity index (χ2v) is 4.77. The van der Waals surface area contributed by atoms with Gasteiger partial charge in [0.1, 0.15) is 5.82 Å². The number of rotatable bonds is 6. The van der Waals surface area contributed by atoms with E-state index < -0.39 is 0 Å². The number of aromatic nitrogens is 3. The van der Waals surface area contributed by atoms with Gasteiger partial charge in [-0.05, 0) is 38.0 Å². The van der Waals surface area contributed by atoms with E-state index in [0.717, 1.165) is 5.56 Å². The van der Waals surface area contributed by atoms with Crippen molar-refractivity contribution in [2.24, 2.45) is 0 Å². The number of hydrogen-bond donors (Lipinski definition) is 2. The van der Waals surface area contributed by atoms with Crippen molar-refractivity contribution in [1.29, 1.82) is 0 Å². The summed E-state index contributed by atoms with van der Waals surface area (Å²) in [5, 5.41) is 3.02. The molecule has 1 aromatic carbocycles. The topological polar surface area (TPSA) is 86.0 Å². The Morgan fingerprint density at radius 3 is 2.81 bits per heavy atom. The van der Waals surface area contributed by atoms with E-state index in [1.54, 1.807) is 6.07 Å². The van der Waals surface area contributed by atoms with Crippen molar-refractivity contribution < 1.29 is 9.13 Å². The number of nitrogens with zero attached hydrogens (tertiary/aromatic N) is 3. The molecule has 2 rings (SSSR count). The number of ether oxygens (including phenoxy) is 1. The second kappa shape index (κ2) is 6.83. The lowest BCUT2D eigenvalue weighted by Crippen LogP contribution is -2.14. The quantitative estimate of drug-likeness (QED) is 0.847. The lowest BCUT2D eigenvalue weighted by molar-refractivity contribution is 0.222. The first kappa shape index (κ1) is 15.0. The molecule has 2 aromatic rings. The van der Waals surface area contributed by atoms with E-state index in [0.29, 0.717) is 18.9 Å². The van der Waals surface area contributed by atoms with Gasteiger partial charge in [0.05, 0.1) is 6.10 Å². The molecule has 7 heteroatoms. The number of anilines is 2. The van der Waals surface area contributed by atoms with Crippen LogP contribution in [0.4, 0.5) is 16.3 Å². The number of benzene rings is 1. The van der Waals surface area contributed by atoms with Gasteiger partial charge in [-0.15, -0.1) is 0 Å². The van der Waals surface area contributed by atoms with E-state index in [1.165, 1.54) is 12.1 Å². The average molecular weight is 291 g/mol. The molecule has 0 unspecified atom stereocenters. The zero-order valence-electron chi connectivity index (χ0n) is 12.0. The Morgan fingerprint density at radius 1 is 1.29 bits per heavy atom. The molecule has 6 nitrogen and oxygen atoms in total. The number of hydrogen-bond acceptors (Lipinski definition) is 6. The molecule has 1 aromatic heterocycles. The van der Waals surface area contributed by atoms with Gasteiger partial charge >= 0.3 is 6.01 Å². The summed E-state index contributed by atoms with van der Waals surface area (Å²) in [5.74, 6) is 0.188. The van der Waals surface area contributed by atoms with Gasteiger partial charge in [0.15, 0.2) is 0 Å². The SMILES string of the molecule is CC(C)Oc1nc(N)nc(NCCc2cccc(F)c2)n1. The van der Waals surface area contributed by atoms with Crippen LogP contribution in [0.15, 0.2) is 24.3 Å². The molecule has 0 saturated heterocycles. The molecule has 1 heterocycles. The van der Waals surface area contributed by atoms with Gasteiger partial charge in [-0.3, -0.25) is 0 Å². The van der Waals surface area contributed by atoms with Crippen molar-refractivity contribution in [2.45, 2.75) is 26.4 Å². The van der Waals surface area contributed by atoms with Gasteiger partial charge in [0.25, 0.3) is 0 Å². The molecule has 0 saturated carbocycles. The maximum absolute atomic E-state index is 13.1. The Morgan fingerprint density at radius 2 is 2.10 bits per heavy atom. The first-order chi connectivity index (χ1) is 10.0. The predicted octanol–water partition coefficient (Wildman–Crippen LogP) is 2.03. The molecule has 0 aliphatic rings. The molecule has 0 amide bonds. The third kappa shape index (κ3) is 4.87. The summed E-state index contributed by atoms with van der Waals surface area (Å²) in [4.78, 5) is 12.0. The van der Waals surface area contributed by atoms with Crippen molar-refractivity contribution in [1.82, 2.24) is 15.0 Å². The molecule has 0 aliphatic carbocycles. The fourth-order valence-electron chi connectivity index (χ4n) is 1.73. The smallest absolute Gasteiger partial charge is 0.323 e. The molecular formula is C14H18FN5O. The van der Waals surface area contributed by atoms with Crippen molar-refractivity contribution in [3.05, 3.63) is 35.6 Å². The largest absolute Gasteiger partial charge is 0.461 e. The Hall–Kier alpha value is -2.44. The maximum atomic E-state index is 13.1. The molecule has 21 heavy (non-hydrogen) atoms. The summed E-state index contributed by atoms with van der Waals surface area (Å²) in [6, 6.07) is 6.64. The second-order valence-electron chi connectivity index (χ2n) is 4.77. The zero-order chi connectivity index (χ0) is 15.2. The van der Waals surface area contributed by atoms with E-state index in [9.17, 15) is 4.39 Å². The van der Waals surface area contributed by atoms with Crippen LogP contribution in [0.3, 0.4) is 0 Å². The summed E-state index contributed by atoms with van der Waals surface area (Å²) in [6.07, 6.45) is 0.593. The Labute approximate surface area is 122 Å². The van der Waals surface area contributed by atoms with Gasteiger partial charge in [-0.1, -0.05) is 12.1 Å². The molecular weight excluding hydrogens is 273 g/mol. The van der Waals surface area contributed by atoms with E-state index >= 15 is 0 Å². The minimum absolute atomic E-state index is 0.0491. The van der Waals surface area contributed by atoms with Crippen molar-refractivity contribution in [2.75, 3.05) is 17.6 Å². The molecule has 0 atom stereocenters. The van der Waals surface area contributed by atoms with Crippen molar-refractivity contribution in [3.63, 3.8) is 0 Å². The highest BCUT2D eigenvalue weighted by Crippen LogP contribution is 2.11. The highest BCUT2D eigenvalue weighted by atomic mass is 19.1. The van der Waals surface area contributed by atoms with Crippen molar-refractivity contribution in [3.8, 4) is 6.01 Å². The Bertz CT molecular complexity index is 606. The molecule has 0 bridgehead atoms. The molecule has 112 valence electrons. The van der Waals surface area contributed by atoms with E-state index in [-0.39, 0.29) is 23.9 Å². The zero-order valence-corrected chi connectivity index (χ0v) is 12.0. The lowest BCUT2D eigenvalue weighted by atomic mass is 10.1. The summed E-state index contributed by atoms with van der Waals surface area (Å²) in [7, 11) is 0. The summed E-state index contributed by atoms with van der Waals surface area (Å²) in [6.45, 7) is 4.29. The number of halogens is 1. The average Bonchev–Trinajstić information content (AvgIpc) is 2.37.